The van der Waals surface area contributed by atoms with Gasteiger partial charge >= 0.3 is 5.97 Å². The molecular formula is C12H16N2O3. The van der Waals surface area contributed by atoms with Crippen molar-refractivity contribution < 1.29 is 14.7 Å². The second kappa shape index (κ2) is 5.45. The Morgan fingerprint density at radius 3 is 2.65 bits per heavy atom. The molecule has 0 bridgehead atoms. The summed E-state index contributed by atoms with van der Waals surface area (Å²) in [5, 5.41) is 11.6. The number of carbonyl (C=O) groups is 2. The van der Waals surface area contributed by atoms with Gasteiger partial charge in [0.05, 0.1) is 5.56 Å². The largest absolute Gasteiger partial charge is 0.478 e. The van der Waals surface area contributed by atoms with Crippen molar-refractivity contribution >= 4 is 17.6 Å². The van der Waals surface area contributed by atoms with E-state index in [-0.39, 0.29) is 23.9 Å². The number of aromatic carboxylic acids is 1. The molecule has 1 aromatic rings. The van der Waals surface area contributed by atoms with Crippen molar-refractivity contribution in [3.63, 3.8) is 0 Å². The van der Waals surface area contributed by atoms with Crippen molar-refractivity contribution in [1.29, 1.82) is 0 Å². The molecule has 0 fully saturated rings. The Hall–Kier alpha value is -1.88. The van der Waals surface area contributed by atoms with Crippen molar-refractivity contribution in [3.8, 4) is 0 Å². The zero-order valence-electron chi connectivity index (χ0n) is 9.86. The molecule has 0 saturated carbocycles. The van der Waals surface area contributed by atoms with Crippen LogP contribution in [0.2, 0.25) is 0 Å². The topological polar surface area (TPSA) is 92.4 Å². The van der Waals surface area contributed by atoms with Crippen LogP contribution in [0, 0.1) is 6.92 Å². The van der Waals surface area contributed by atoms with Crippen molar-refractivity contribution in [1.82, 2.24) is 0 Å². The van der Waals surface area contributed by atoms with Gasteiger partial charge < -0.3 is 16.2 Å². The first-order chi connectivity index (χ1) is 7.91. The minimum Gasteiger partial charge on any atom is -0.478 e. The highest BCUT2D eigenvalue weighted by Crippen LogP contribution is 2.19. The monoisotopic (exact) mass is 236 g/mol. The van der Waals surface area contributed by atoms with E-state index >= 15 is 0 Å². The molecule has 0 aromatic heterocycles. The molecule has 4 N–H and O–H groups in total. The smallest absolute Gasteiger partial charge is 0.336 e. The first kappa shape index (κ1) is 13.2. The van der Waals surface area contributed by atoms with Crippen molar-refractivity contribution in [3.05, 3.63) is 29.3 Å². The number of benzene rings is 1. The summed E-state index contributed by atoms with van der Waals surface area (Å²) in [6.45, 7) is 3.39. The van der Waals surface area contributed by atoms with Crippen LogP contribution in [-0.4, -0.2) is 23.0 Å². The second-order valence-electron chi connectivity index (χ2n) is 4.01. The predicted octanol–water partition coefficient (Wildman–Crippen LogP) is 1.37. The van der Waals surface area contributed by atoms with E-state index in [1.165, 1.54) is 6.07 Å². The highest BCUT2D eigenvalue weighted by Gasteiger charge is 2.12. The van der Waals surface area contributed by atoms with E-state index < -0.39 is 5.97 Å². The van der Waals surface area contributed by atoms with Gasteiger partial charge in [0.25, 0.3) is 0 Å². The van der Waals surface area contributed by atoms with Gasteiger partial charge in [0, 0.05) is 18.2 Å². The zero-order chi connectivity index (χ0) is 13.0. The molecule has 0 radical (unpaired) electrons. The number of rotatable bonds is 4. The van der Waals surface area contributed by atoms with Crippen LogP contribution in [0.5, 0.6) is 0 Å². The zero-order valence-corrected chi connectivity index (χ0v) is 9.86. The minimum absolute atomic E-state index is 0.184. The molecule has 1 unspecified atom stereocenters. The SMILES string of the molecule is Cc1c(NC(=O)CC(C)N)cccc1C(=O)O. The highest BCUT2D eigenvalue weighted by molar-refractivity contribution is 5.96. The number of hydrogen-bond acceptors (Lipinski definition) is 3. The number of anilines is 1. The first-order valence-electron chi connectivity index (χ1n) is 5.30. The highest BCUT2D eigenvalue weighted by atomic mass is 16.4. The molecule has 1 atom stereocenters. The number of hydrogen-bond donors (Lipinski definition) is 3. The lowest BCUT2D eigenvalue weighted by atomic mass is 10.1. The summed E-state index contributed by atoms with van der Waals surface area (Å²) in [5.41, 5.74) is 6.74. The van der Waals surface area contributed by atoms with Crippen LogP contribution >= 0.6 is 0 Å². The van der Waals surface area contributed by atoms with Crippen LogP contribution in [0.25, 0.3) is 0 Å². The third kappa shape index (κ3) is 3.57. The summed E-state index contributed by atoms with van der Waals surface area (Å²) in [5.74, 6) is -1.23. The number of nitrogens with one attached hydrogen (secondary N) is 1. The lowest BCUT2D eigenvalue weighted by Gasteiger charge is -2.11. The summed E-state index contributed by atoms with van der Waals surface area (Å²) in [6.07, 6.45) is 0.205. The Morgan fingerprint density at radius 2 is 2.12 bits per heavy atom. The van der Waals surface area contributed by atoms with Crippen LogP contribution in [0.4, 0.5) is 5.69 Å². The van der Waals surface area contributed by atoms with Gasteiger partial charge in [0.15, 0.2) is 0 Å². The summed E-state index contributed by atoms with van der Waals surface area (Å²) in [7, 11) is 0. The molecule has 5 heteroatoms. The van der Waals surface area contributed by atoms with Crippen LogP contribution in [-0.2, 0) is 4.79 Å². The molecular weight excluding hydrogens is 220 g/mol. The molecule has 0 aliphatic carbocycles. The Labute approximate surface area is 99.6 Å². The molecule has 0 spiro atoms. The molecule has 5 nitrogen and oxygen atoms in total. The maximum atomic E-state index is 11.5. The maximum Gasteiger partial charge on any atom is 0.336 e. The standard InChI is InChI=1S/C12H16N2O3/c1-7(13)6-11(15)14-10-5-3-4-9(8(10)2)12(16)17/h3-5,7H,6,13H2,1-2H3,(H,14,15)(H,16,17). The lowest BCUT2D eigenvalue weighted by Crippen LogP contribution is -2.24. The normalized spacial score (nSPS) is 11.9. The molecule has 1 amide bonds. The van der Waals surface area contributed by atoms with Gasteiger partial charge in [-0.25, -0.2) is 4.79 Å². The summed E-state index contributed by atoms with van der Waals surface area (Å²) in [6, 6.07) is 4.54. The summed E-state index contributed by atoms with van der Waals surface area (Å²) < 4.78 is 0. The van der Waals surface area contributed by atoms with Gasteiger partial charge in [-0.3, -0.25) is 4.79 Å². The molecule has 92 valence electrons. The molecule has 0 aliphatic heterocycles. The number of amides is 1. The van der Waals surface area contributed by atoms with E-state index in [1.54, 1.807) is 26.0 Å². The summed E-state index contributed by atoms with van der Waals surface area (Å²) in [4.78, 5) is 22.4. The van der Waals surface area contributed by atoms with Crippen molar-refractivity contribution in [2.45, 2.75) is 26.3 Å². The first-order valence-corrected chi connectivity index (χ1v) is 5.30. The van der Waals surface area contributed by atoms with E-state index in [2.05, 4.69) is 5.32 Å². The van der Waals surface area contributed by atoms with Crippen molar-refractivity contribution in [2.24, 2.45) is 5.73 Å². The lowest BCUT2D eigenvalue weighted by molar-refractivity contribution is -0.116. The van der Waals surface area contributed by atoms with Gasteiger partial charge in [-0.05, 0) is 31.5 Å². The average molecular weight is 236 g/mol. The molecule has 0 aliphatic rings. The van der Waals surface area contributed by atoms with Crippen molar-refractivity contribution in [2.75, 3.05) is 5.32 Å². The molecule has 0 saturated heterocycles. The van der Waals surface area contributed by atoms with Gasteiger partial charge in [-0.1, -0.05) is 6.07 Å². The van der Waals surface area contributed by atoms with Gasteiger partial charge in [-0.2, -0.15) is 0 Å². The Bertz CT molecular complexity index is 441. The fraction of sp³-hybridized carbons (Fsp3) is 0.333. The fourth-order valence-electron chi connectivity index (χ4n) is 1.50. The molecule has 1 aromatic carbocycles. The summed E-state index contributed by atoms with van der Waals surface area (Å²) >= 11 is 0. The number of carbonyl (C=O) groups excluding carboxylic acids is 1. The van der Waals surface area contributed by atoms with Crippen LogP contribution in [0.1, 0.15) is 29.3 Å². The van der Waals surface area contributed by atoms with Crippen LogP contribution in [0.3, 0.4) is 0 Å². The number of carboxylic acid groups (broad SMARTS) is 1. The number of carboxylic acids is 1. The van der Waals surface area contributed by atoms with Gasteiger partial charge in [-0.15, -0.1) is 0 Å². The Morgan fingerprint density at radius 1 is 1.47 bits per heavy atom. The third-order valence-corrected chi connectivity index (χ3v) is 2.35. The average Bonchev–Trinajstić information content (AvgIpc) is 2.19. The Balaban J connectivity index is 2.89. The van der Waals surface area contributed by atoms with Crippen LogP contribution < -0.4 is 11.1 Å². The quantitative estimate of drug-likeness (QED) is 0.736. The van der Waals surface area contributed by atoms with E-state index in [0.29, 0.717) is 11.3 Å². The van der Waals surface area contributed by atoms with E-state index in [0.717, 1.165) is 0 Å². The molecule has 0 heterocycles. The van der Waals surface area contributed by atoms with E-state index in [1.807, 2.05) is 0 Å². The minimum atomic E-state index is -1.01. The molecule has 1 rings (SSSR count). The predicted molar refractivity (Wildman–Crippen MR) is 65.0 cm³/mol. The van der Waals surface area contributed by atoms with Gasteiger partial charge in [0.1, 0.15) is 0 Å². The van der Waals surface area contributed by atoms with Crippen LogP contribution in [0.15, 0.2) is 18.2 Å². The fourth-order valence-corrected chi connectivity index (χ4v) is 1.50. The number of nitrogens with two attached hydrogens (primary N) is 1. The van der Waals surface area contributed by atoms with E-state index in [9.17, 15) is 9.59 Å². The van der Waals surface area contributed by atoms with E-state index in [4.69, 9.17) is 10.8 Å². The molecule has 17 heavy (non-hydrogen) atoms. The van der Waals surface area contributed by atoms with Gasteiger partial charge in [0.2, 0.25) is 5.91 Å². The maximum absolute atomic E-state index is 11.5. The third-order valence-electron chi connectivity index (χ3n) is 2.35. The second-order valence-corrected chi connectivity index (χ2v) is 4.01. The Kier molecular flexibility index (Phi) is 4.23.